The van der Waals surface area contributed by atoms with Gasteiger partial charge in [0.05, 0.1) is 25.5 Å². The maximum Gasteiger partial charge on any atom is 0.307 e. The van der Waals surface area contributed by atoms with Crippen molar-refractivity contribution < 1.29 is 35.7 Å². The number of sulfonamides is 1. The first kappa shape index (κ1) is 25.6. The molecule has 0 bridgehead atoms. The molecule has 2 rings (SSSR count). The molecule has 0 aromatic heterocycles. The number of carboxylic acid groups (broad SMARTS) is 1. The van der Waals surface area contributed by atoms with Gasteiger partial charge in [0.25, 0.3) is 0 Å². The predicted octanol–water partition coefficient (Wildman–Crippen LogP) is 2.40. The molecule has 0 spiro atoms. The molecule has 0 aliphatic carbocycles. The van der Waals surface area contributed by atoms with Gasteiger partial charge in [-0.3, -0.25) is 4.79 Å². The average Bonchev–Trinajstić information content (AvgIpc) is 2.64. The first-order valence-electron chi connectivity index (χ1n) is 9.77. The van der Waals surface area contributed by atoms with E-state index in [0.29, 0.717) is 29.7 Å². The third kappa shape index (κ3) is 8.48. The number of hydrogen-bond acceptors (Lipinski definition) is 7. The summed E-state index contributed by atoms with van der Waals surface area (Å²) in [5.41, 5.74) is 1.69. The number of aliphatic carboxylic acids is 1. The topological polar surface area (TPSA) is 127 Å². The zero-order chi connectivity index (χ0) is 23.9. The number of rotatable bonds is 12. The van der Waals surface area contributed by atoms with Gasteiger partial charge in [0, 0.05) is 13.1 Å². The summed E-state index contributed by atoms with van der Waals surface area (Å²) in [4.78, 5) is 11.0. The van der Waals surface area contributed by atoms with Crippen molar-refractivity contribution in [2.45, 2.75) is 32.9 Å². The molecular weight excluding hydrogens is 458 g/mol. The Morgan fingerprint density at radius 1 is 0.938 bits per heavy atom. The molecule has 0 fully saturated rings. The molecule has 0 amide bonds. The molecule has 0 aliphatic heterocycles. The molecule has 176 valence electrons. The van der Waals surface area contributed by atoms with Gasteiger partial charge >= 0.3 is 16.1 Å². The van der Waals surface area contributed by atoms with E-state index in [2.05, 4.69) is 0 Å². The summed E-state index contributed by atoms with van der Waals surface area (Å²) in [6, 6.07) is 11.3. The molecule has 0 unspecified atom stereocenters. The Morgan fingerprint density at radius 3 is 2.12 bits per heavy atom. The molecule has 9 nitrogen and oxygen atoms in total. The first-order chi connectivity index (χ1) is 14.9. The minimum atomic E-state index is -3.82. The molecule has 0 saturated heterocycles. The van der Waals surface area contributed by atoms with Gasteiger partial charge in [-0.15, -0.1) is 0 Å². The number of nitrogens with zero attached hydrogens (tertiary/aromatic N) is 1. The van der Waals surface area contributed by atoms with Crippen molar-refractivity contribution >= 4 is 26.1 Å². The van der Waals surface area contributed by atoms with E-state index >= 15 is 0 Å². The first-order valence-corrected chi connectivity index (χ1v) is 13.4. The van der Waals surface area contributed by atoms with Crippen LogP contribution in [-0.4, -0.2) is 51.3 Å². The summed E-state index contributed by atoms with van der Waals surface area (Å²) in [5.74, 6) is -0.755. The van der Waals surface area contributed by atoms with E-state index in [-0.39, 0.29) is 31.0 Å². The molecule has 0 aliphatic rings. The van der Waals surface area contributed by atoms with E-state index in [1.807, 2.05) is 6.92 Å². The lowest BCUT2D eigenvalue weighted by molar-refractivity contribution is -0.136. The average molecular weight is 486 g/mol. The van der Waals surface area contributed by atoms with E-state index in [4.69, 9.17) is 14.0 Å². The van der Waals surface area contributed by atoms with E-state index in [0.717, 1.165) is 12.5 Å². The van der Waals surface area contributed by atoms with Crippen LogP contribution in [0, 0.1) is 0 Å². The van der Waals surface area contributed by atoms with Gasteiger partial charge in [-0.25, -0.2) is 8.42 Å². The SMILES string of the molecule is CCCOc1ccc(CN(Cc2cccc(CC(=O)O)c2)S(C)(=O)=O)cc1OS(C)(=O)=O. The zero-order valence-corrected chi connectivity index (χ0v) is 19.8. The van der Waals surface area contributed by atoms with Gasteiger partial charge in [0.15, 0.2) is 11.5 Å². The lowest BCUT2D eigenvalue weighted by Crippen LogP contribution is -2.29. The fourth-order valence-electron chi connectivity index (χ4n) is 2.92. The molecule has 1 N–H and O–H groups in total. The summed E-state index contributed by atoms with van der Waals surface area (Å²) >= 11 is 0. The molecule has 0 heterocycles. The largest absolute Gasteiger partial charge is 0.490 e. The highest BCUT2D eigenvalue weighted by molar-refractivity contribution is 7.88. The monoisotopic (exact) mass is 485 g/mol. The highest BCUT2D eigenvalue weighted by Gasteiger charge is 2.20. The van der Waals surface area contributed by atoms with Gasteiger partial charge in [-0.2, -0.15) is 12.7 Å². The number of carboxylic acids is 1. The van der Waals surface area contributed by atoms with Crippen LogP contribution in [0.3, 0.4) is 0 Å². The predicted molar refractivity (Wildman–Crippen MR) is 120 cm³/mol. The minimum absolute atomic E-state index is 0.0165. The summed E-state index contributed by atoms with van der Waals surface area (Å²) in [6.45, 7) is 2.24. The standard InChI is InChI=1S/C21H27NO8S2/c1-4-10-29-19-9-8-18(12-20(19)30-32(3,27)28)15-22(31(2,25)26)14-17-7-5-6-16(11-17)13-21(23)24/h5-9,11-12H,4,10,13-15H2,1-3H3,(H,23,24). The van der Waals surface area contributed by atoms with Crippen LogP contribution in [0.25, 0.3) is 0 Å². The molecule has 0 radical (unpaired) electrons. The molecule has 0 saturated carbocycles. The van der Waals surface area contributed by atoms with E-state index < -0.39 is 26.1 Å². The maximum absolute atomic E-state index is 12.4. The molecule has 2 aromatic rings. The van der Waals surface area contributed by atoms with Crippen molar-refractivity contribution in [3.05, 3.63) is 59.2 Å². The number of benzene rings is 2. The summed E-state index contributed by atoms with van der Waals surface area (Å²) in [5, 5.41) is 8.98. The molecule has 11 heteroatoms. The molecule has 2 aromatic carbocycles. The van der Waals surface area contributed by atoms with Crippen molar-refractivity contribution in [3.63, 3.8) is 0 Å². The lowest BCUT2D eigenvalue weighted by Gasteiger charge is -2.21. The Morgan fingerprint density at radius 2 is 1.56 bits per heavy atom. The van der Waals surface area contributed by atoms with Crippen molar-refractivity contribution in [2.24, 2.45) is 0 Å². The molecule has 0 atom stereocenters. The van der Waals surface area contributed by atoms with Gasteiger partial charge in [-0.05, 0) is 35.2 Å². The van der Waals surface area contributed by atoms with Crippen LogP contribution < -0.4 is 8.92 Å². The Kier molecular flexibility index (Phi) is 8.65. The van der Waals surface area contributed by atoms with Gasteiger partial charge < -0.3 is 14.0 Å². The van der Waals surface area contributed by atoms with Crippen LogP contribution in [-0.2, 0) is 44.4 Å². The zero-order valence-electron chi connectivity index (χ0n) is 18.1. The number of hydrogen-bond donors (Lipinski definition) is 1. The second-order valence-corrected chi connectivity index (χ2v) is 10.9. The number of carbonyl (C=O) groups is 1. The number of ether oxygens (including phenoxy) is 1. The van der Waals surface area contributed by atoms with Crippen LogP contribution in [0.4, 0.5) is 0 Å². The summed E-state index contributed by atoms with van der Waals surface area (Å²) in [6.07, 6.45) is 2.53. The fourth-order valence-corrected chi connectivity index (χ4v) is 4.14. The van der Waals surface area contributed by atoms with E-state index in [9.17, 15) is 21.6 Å². The smallest absolute Gasteiger partial charge is 0.307 e. The fraction of sp³-hybridized carbons (Fsp3) is 0.381. The third-order valence-electron chi connectivity index (χ3n) is 4.24. The normalized spacial score (nSPS) is 12.0. The molecular formula is C21H27NO8S2. The third-order valence-corrected chi connectivity index (χ3v) is 5.92. The van der Waals surface area contributed by atoms with Crippen molar-refractivity contribution in [3.8, 4) is 11.5 Å². The van der Waals surface area contributed by atoms with Gasteiger partial charge in [0.1, 0.15) is 0 Å². The molecule has 32 heavy (non-hydrogen) atoms. The van der Waals surface area contributed by atoms with Gasteiger partial charge in [0.2, 0.25) is 10.0 Å². The Bertz CT molecular complexity index is 1160. The Hall–Kier alpha value is -2.63. The van der Waals surface area contributed by atoms with E-state index in [1.54, 1.807) is 36.4 Å². The highest BCUT2D eigenvalue weighted by Crippen LogP contribution is 2.30. The second-order valence-electron chi connectivity index (χ2n) is 7.34. The maximum atomic E-state index is 12.4. The Labute approximate surface area is 188 Å². The van der Waals surface area contributed by atoms with Crippen LogP contribution in [0.1, 0.15) is 30.0 Å². The van der Waals surface area contributed by atoms with Crippen LogP contribution >= 0.6 is 0 Å². The minimum Gasteiger partial charge on any atom is -0.490 e. The van der Waals surface area contributed by atoms with Crippen LogP contribution in [0.2, 0.25) is 0 Å². The Balaban J connectivity index is 2.32. The second kappa shape index (κ2) is 10.8. The quantitative estimate of drug-likeness (QED) is 0.454. The lowest BCUT2D eigenvalue weighted by atomic mass is 10.1. The summed E-state index contributed by atoms with van der Waals surface area (Å²) < 4.78 is 59.9. The van der Waals surface area contributed by atoms with Crippen molar-refractivity contribution in [1.82, 2.24) is 4.31 Å². The van der Waals surface area contributed by atoms with Crippen molar-refractivity contribution in [1.29, 1.82) is 0 Å². The van der Waals surface area contributed by atoms with Crippen LogP contribution in [0.15, 0.2) is 42.5 Å². The van der Waals surface area contributed by atoms with Gasteiger partial charge in [-0.1, -0.05) is 37.3 Å². The van der Waals surface area contributed by atoms with E-state index in [1.165, 1.54) is 10.4 Å². The highest BCUT2D eigenvalue weighted by atomic mass is 32.2. The van der Waals surface area contributed by atoms with Crippen LogP contribution in [0.5, 0.6) is 11.5 Å². The van der Waals surface area contributed by atoms with Crippen molar-refractivity contribution in [2.75, 3.05) is 19.1 Å². The summed E-state index contributed by atoms with van der Waals surface area (Å²) in [7, 11) is -7.46.